The van der Waals surface area contributed by atoms with Gasteiger partial charge in [0.05, 0.1) is 16.6 Å². The summed E-state index contributed by atoms with van der Waals surface area (Å²) in [5.41, 5.74) is 0.767. The second-order valence-electron chi connectivity index (χ2n) is 3.62. The Morgan fingerprint density at radius 1 is 1.28 bits per heavy atom. The Morgan fingerprint density at radius 2 is 2.00 bits per heavy atom. The molecule has 0 saturated carbocycles. The molecule has 2 rings (SSSR count). The van der Waals surface area contributed by atoms with Gasteiger partial charge in [-0.05, 0) is 12.1 Å². The number of nitro benzene ring substituents is 1. The molecule has 94 valence electrons. The number of aryl methyl sites for hydroxylation is 1. The molecule has 6 heteroatoms. The van der Waals surface area contributed by atoms with E-state index in [1.54, 1.807) is 29.9 Å². The van der Waals surface area contributed by atoms with Gasteiger partial charge in [0, 0.05) is 18.2 Å². The quantitative estimate of drug-likeness (QED) is 0.306. The fourth-order valence-electron chi connectivity index (χ4n) is 1.63. The van der Waals surface area contributed by atoms with Gasteiger partial charge in [-0.15, -0.1) is 0 Å². The van der Waals surface area contributed by atoms with Gasteiger partial charge in [0.25, 0.3) is 5.69 Å². The Labute approximate surface area is 120 Å². The number of nitrogens with zero attached hydrogens (tertiary/aromatic N) is 2. The standard InChI is InChI=1S/C12H10FN2O2.HI/c1-14-7-3-2-4-12(14)10-6-5-9(15(16)17)8-11(10)13;/h2-8H,1H3;1H/q+1;/p-1. The van der Waals surface area contributed by atoms with Crippen LogP contribution in [0.15, 0.2) is 42.6 Å². The van der Waals surface area contributed by atoms with Gasteiger partial charge in [0.15, 0.2) is 6.20 Å². The fourth-order valence-corrected chi connectivity index (χ4v) is 1.63. The van der Waals surface area contributed by atoms with Crippen molar-refractivity contribution < 1.29 is 37.9 Å². The molecule has 0 aliphatic heterocycles. The largest absolute Gasteiger partial charge is 1.00 e. The second-order valence-corrected chi connectivity index (χ2v) is 3.62. The fraction of sp³-hybridized carbons (Fsp3) is 0.0833. The van der Waals surface area contributed by atoms with Crippen LogP contribution in [0.4, 0.5) is 10.1 Å². The number of hydrogen-bond acceptors (Lipinski definition) is 2. The lowest BCUT2D eigenvalue weighted by atomic mass is 10.1. The SMILES string of the molecule is C[n+]1ccccc1-c1ccc([N+](=O)[O-])cc1F.[I-]. The van der Waals surface area contributed by atoms with Crippen LogP contribution in [0, 0.1) is 15.9 Å². The molecule has 1 heterocycles. The van der Waals surface area contributed by atoms with Gasteiger partial charge in [0.1, 0.15) is 12.9 Å². The first-order chi connectivity index (χ1) is 8.09. The van der Waals surface area contributed by atoms with Crippen LogP contribution in [0.5, 0.6) is 0 Å². The molecule has 0 aliphatic carbocycles. The maximum atomic E-state index is 13.8. The average molecular weight is 360 g/mol. The van der Waals surface area contributed by atoms with Crippen molar-refractivity contribution in [2.75, 3.05) is 0 Å². The van der Waals surface area contributed by atoms with Crippen LogP contribution < -0.4 is 28.5 Å². The van der Waals surface area contributed by atoms with Gasteiger partial charge >= 0.3 is 0 Å². The third-order valence-corrected chi connectivity index (χ3v) is 2.49. The molecule has 0 fully saturated rings. The van der Waals surface area contributed by atoms with Crippen molar-refractivity contribution in [1.82, 2.24) is 0 Å². The topological polar surface area (TPSA) is 47.0 Å². The van der Waals surface area contributed by atoms with E-state index < -0.39 is 10.7 Å². The predicted molar refractivity (Wildman–Crippen MR) is 59.7 cm³/mol. The van der Waals surface area contributed by atoms with E-state index in [2.05, 4.69) is 0 Å². The number of aromatic nitrogens is 1. The zero-order chi connectivity index (χ0) is 12.4. The Bertz CT molecular complexity index is 590. The summed E-state index contributed by atoms with van der Waals surface area (Å²) in [6.45, 7) is 0. The highest BCUT2D eigenvalue weighted by Gasteiger charge is 2.17. The van der Waals surface area contributed by atoms with Crippen LogP contribution in [0.1, 0.15) is 0 Å². The average Bonchev–Trinajstić information content (AvgIpc) is 2.30. The Hall–Kier alpha value is -1.57. The van der Waals surface area contributed by atoms with Crippen molar-refractivity contribution in [3.05, 3.63) is 58.5 Å². The van der Waals surface area contributed by atoms with Gasteiger partial charge in [-0.25, -0.2) is 8.96 Å². The molecule has 0 N–H and O–H groups in total. The molecular weight excluding hydrogens is 350 g/mol. The van der Waals surface area contributed by atoms with E-state index >= 15 is 0 Å². The lowest BCUT2D eigenvalue weighted by Crippen LogP contribution is -3.00. The minimum absolute atomic E-state index is 0. The minimum atomic E-state index is -0.613. The number of halogens is 2. The van der Waals surface area contributed by atoms with Crippen molar-refractivity contribution in [2.24, 2.45) is 7.05 Å². The zero-order valence-corrected chi connectivity index (χ0v) is 11.7. The number of nitro groups is 1. The third-order valence-electron chi connectivity index (χ3n) is 2.49. The summed E-state index contributed by atoms with van der Waals surface area (Å²) in [7, 11) is 1.79. The number of pyridine rings is 1. The van der Waals surface area contributed by atoms with Gasteiger partial charge < -0.3 is 24.0 Å². The highest BCUT2D eigenvalue weighted by Crippen LogP contribution is 2.23. The molecule has 0 unspecified atom stereocenters. The highest BCUT2D eigenvalue weighted by atomic mass is 127. The molecule has 4 nitrogen and oxygen atoms in total. The molecule has 0 spiro atoms. The normalized spacial score (nSPS) is 9.67. The smallest absolute Gasteiger partial charge is 0.272 e. The van der Waals surface area contributed by atoms with Crippen LogP contribution in [0.2, 0.25) is 0 Å². The number of non-ortho nitro benzene ring substituents is 1. The molecule has 0 radical (unpaired) electrons. The van der Waals surface area contributed by atoms with E-state index in [9.17, 15) is 14.5 Å². The highest BCUT2D eigenvalue weighted by molar-refractivity contribution is 5.59. The van der Waals surface area contributed by atoms with Crippen molar-refractivity contribution in [2.45, 2.75) is 0 Å². The molecule has 0 amide bonds. The Kier molecular flexibility index (Phi) is 4.71. The van der Waals surface area contributed by atoms with Crippen LogP contribution in [0.3, 0.4) is 0 Å². The van der Waals surface area contributed by atoms with E-state index in [0.717, 1.165) is 6.07 Å². The first-order valence-electron chi connectivity index (χ1n) is 4.98. The van der Waals surface area contributed by atoms with Crippen molar-refractivity contribution in [3.8, 4) is 11.3 Å². The van der Waals surface area contributed by atoms with Crippen molar-refractivity contribution in [3.63, 3.8) is 0 Å². The van der Waals surface area contributed by atoms with E-state index in [0.29, 0.717) is 11.3 Å². The maximum absolute atomic E-state index is 13.8. The lowest BCUT2D eigenvalue weighted by molar-refractivity contribution is -0.660. The molecule has 0 atom stereocenters. The summed E-state index contributed by atoms with van der Waals surface area (Å²) in [5, 5.41) is 10.5. The number of benzene rings is 1. The van der Waals surface area contributed by atoms with Crippen LogP contribution in [-0.2, 0) is 7.05 Å². The van der Waals surface area contributed by atoms with E-state index in [-0.39, 0.29) is 29.7 Å². The Balaban J connectivity index is 0.00000162. The van der Waals surface area contributed by atoms with Crippen molar-refractivity contribution >= 4 is 5.69 Å². The first kappa shape index (κ1) is 14.5. The van der Waals surface area contributed by atoms with Gasteiger partial charge in [-0.3, -0.25) is 10.1 Å². The van der Waals surface area contributed by atoms with Gasteiger partial charge in [-0.1, -0.05) is 0 Å². The number of hydrogen-bond donors (Lipinski definition) is 0. The Morgan fingerprint density at radius 3 is 2.56 bits per heavy atom. The monoisotopic (exact) mass is 360 g/mol. The van der Waals surface area contributed by atoms with E-state index in [1.807, 2.05) is 6.07 Å². The summed E-state index contributed by atoms with van der Waals surface area (Å²) < 4.78 is 15.5. The van der Waals surface area contributed by atoms with E-state index in [4.69, 9.17) is 0 Å². The third kappa shape index (κ3) is 2.81. The molecule has 1 aromatic carbocycles. The van der Waals surface area contributed by atoms with Crippen LogP contribution in [-0.4, -0.2) is 4.92 Å². The predicted octanol–water partition coefficient (Wildman–Crippen LogP) is -0.771. The summed E-state index contributed by atoms with van der Waals surface area (Å²) >= 11 is 0. The van der Waals surface area contributed by atoms with Gasteiger partial charge in [0.2, 0.25) is 5.69 Å². The van der Waals surface area contributed by atoms with Crippen molar-refractivity contribution in [1.29, 1.82) is 0 Å². The maximum Gasteiger partial charge on any atom is 0.272 e. The molecule has 0 bridgehead atoms. The summed E-state index contributed by atoms with van der Waals surface area (Å²) in [5.74, 6) is -0.596. The van der Waals surface area contributed by atoms with E-state index in [1.165, 1.54) is 12.1 Å². The first-order valence-corrected chi connectivity index (χ1v) is 4.98. The molecule has 1 aromatic heterocycles. The minimum Gasteiger partial charge on any atom is -1.00 e. The summed E-state index contributed by atoms with van der Waals surface area (Å²) in [6, 6.07) is 9.02. The molecule has 2 aromatic rings. The van der Waals surface area contributed by atoms with Gasteiger partial charge in [-0.2, -0.15) is 0 Å². The summed E-state index contributed by atoms with van der Waals surface area (Å²) in [6.07, 6.45) is 1.79. The lowest BCUT2D eigenvalue weighted by Gasteiger charge is -2.01. The molecule has 0 aliphatic rings. The molecule has 18 heavy (non-hydrogen) atoms. The number of rotatable bonds is 2. The van der Waals surface area contributed by atoms with Crippen LogP contribution in [0.25, 0.3) is 11.3 Å². The molecule has 0 saturated heterocycles. The zero-order valence-electron chi connectivity index (χ0n) is 9.51. The molecular formula is C12H10FIN2O2. The van der Waals surface area contributed by atoms with Crippen LogP contribution >= 0.6 is 0 Å². The second kappa shape index (κ2) is 5.85. The summed E-state index contributed by atoms with van der Waals surface area (Å²) in [4.78, 5) is 9.89.